The molecule has 3 aromatic rings. The molecule has 1 N–H and O–H groups in total. The van der Waals surface area contributed by atoms with Crippen LogP contribution in [0.2, 0.25) is 0 Å². The van der Waals surface area contributed by atoms with Crippen LogP contribution in [0.5, 0.6) is 0 Å². The Bertz CT molecular complexity index is 980. The van der Waals surface area contributed by atoms with Gasteiger partial charge in [0.2, 0.25) is 0 Å². The summed E-state index contributed by atoms with van der Waals surface area (Å²) < 4.78 is 0. The van der Waals surface area contributed by atoms with Crippen molar-refractivity contribution in [2.75, 3.05) is 41.3 Å². The summed E-state index contributed by atoms with van der Waals surface area (Å²) in [5, 5.41) is 11.3. The van der Waals surface area contributed by atoms with Gasteiger partial charge in [-0.15, -0.1) is 10.2 Å². The fraction of sp³-hybridized carbons (Fsp3) is 0.261. The van der Waals surface area contributed by atoms with Crippen LogP contribution in [0.1, 0.15) is 21.5 Å². The smallest absolute Gasteiger partial charge is 0.256 e. The average Bonchev–Trinajstić information content (AvgIpc) is 2.77. The first-order valence-corrected chi connectivity index (χ1v) is 9.88. The second-order valence-corrected chi connectivity index (χ2v) is 7.29. The molecule has 6 nitrogen and oxygen atoms in total. The number of carbonyl (C=O) groups excluding carboxylic acids is 1. The largest absolute Gasteiger partial charge is 0.368 e. The van der Waals surface area contributed by atoms with Crippen molar-refractivity contribution in [1.29, 1.82) is 0 Å². The van der Waals surface area contributed by atoms with Gasteiger partial charge < -0.3 is 15.1 Å². The maximum atomic E-state index is 12.2. The van der Waals surface area contributed by atoms with Crippen LogP contribution in [0, 0.1) is 13.8 Å². The van der Waals surface area contributed by atoms with Gasteiger partial charge in [-0.2, -0.15) is 0 Å². The Hall–Kier alpha value is -3.41. The van der Waals surface area contributed by atoms with Crippen molar-refractivity contribution in [3.63, 3.8) is 0 Å². The van der Waals surface area contributed by atoms with Crippen LogP contribution in [0.4, 0.5) is 17.3 Å². The number of aromatic nitrogens is 2. The third-order valence-electron chi connectivity index (χ3n) is 5.45. The maximum Gasteiger partial charge on any atom is 0.256 e. The number of hydrogen-bond donors (Lipinski definition) is 1. The lowest BCUT2D eigenvalue weighted by Gasteiger charge is -2.37. The molecule has 0 saturated carbocycles. The predicted octanol–water partition coefficient (Wildman–Crippen LogP) is 3.67. The number of hydrogen-bond acceptors (Lipinski definition) is 5. The molecule has 148 valence electrons. The summed E-state index contributed by atoms with van der Waals surface area (Å²) in [7, 11) is 0. The Labute approximate surface area is 171 Å². The number of piperazine rings is 1. The lowest BCUT2D eigenvalue weighted by Crippen LogP contribution is -2.47. The van der Waals surface area contributed by atoms with Crippen LogP contribution in [0.25, 0.3) is 0 Å². The highest BCUT2D eigenvalue weighted by Gasteiger charge is 2.20. The van der Waals surface area contributed by atoms with Crippen LogP contribution in [0.15, 0.2) is 60.7 Å². The highest BCUT2D eigenvalue weighted by atomic mass is 16.1. The zero-order valence-electron chi connectivity index (χ0n) is 16.8. The van der Waals surface area contributed by atoms with Crippen LogP contribution < -0.4 is 15.1 Å². The Balaban J connectivity index is 1.37. The zero-order chi connectivity index (χ0) is 20.2. The molecule has 2 aromatic carbocycles. The number of carbonyl (C=O) groups is 1. The molecule has 4 rings (SSSR count). The van der Waals surface area contributed by atoms with E-state index in [1.54, 1.807) is 18.2 Å². The standard InChI is InChI=1S/C23H25N5O/c1-17-7-6-10-20(18(17)2)27-13-15-28(16-14-27)22-12-11-21(25-26-22)24-23(29)19-8-4-3-5-9-19/h3-12H,13-16H2,1-2H3,(H,24,25,29). The van der Waals surface area contributed by atoms with E-state index < -0.39 is 0 Å². The fourth-order valence-electron chi connectivity index (χ4n) is 3.59. The summed E-state index contributed by atoms with van der Waals surface area (Å²) in [6.07, 6.45) is 0. The van der Waals surface area contributed by atoms with Gasteiger partial charge in [-0.05, 0) is 55.3 Å². The molecular weight excluding hydrogens is 362 g/mol. The number of rotatable bonds is 4. The van der Waals surface area contributed by atoms with Crippen molar-refractivity contribution in [3.8, 4) is 0 Å². The van der Waals surface area contributed by atoms with Crippen LogP contribution >= 0.6 is 0 Å². The van der Waals surface area contributed by atoms with Crippen molar-refractivity contribution in [2.24, 2.45) is 0 Å². The molecular formula is C23H25N5O. The zero-order valence-corrected chi connectivity index (χ0v) is 16.8. The van der Waals surface area contributed by atoms with Gasteiger partial charge in [0, 0.05) is 37.4 Å². The second-order valence-electron chi connectivity index (χ2n) is 7.29. The van der Waals surface area contributed by atoms with Crippen molar-refractivity contribution < 1.29 is 4.79 Å². The molecule has 0 bridgehead atoms. The quantitative estimate of drug-likeness (QED) is 0.740. The monoisotopic (exact) mass is 387 g/mol. The first-order chi connectivity index (χ1) is 14.1. The molecule has 1 aliphatic heterocycles. The summed E-state index contributed by atoms with van der Waals surface area (Å²) in [5.74, 6) is 1.11. The van der Waals surface area contributed by atoms with Gasteiger partial charge >= 0.3 is 0 Å². The number of nitrogens with zero attached hydrogens (tertiary/aromatic N) is 4. The number of benzene rings is 2. The molecule has 0 atom stereocenters. The predicted molar refractivity (Wildman–Crippen MR) is 117 cm³/mol. The van der Waals surface area contributed by atoms with Crippen LogP contribution in [-0.2, 0) is 0 Å². The third-order valence-corrected chi connectivity index (χ3v) is 5.45. The highest BCUT2D eigenvalue weighted by molar-refractivity contribution is 6.03. The van der Waals surface area contributed by atoms with Crippen LogP contribution in [0.3, 0.4) is 0 Å². The molecule has 2 heterocycles. The van der Waals surface area contributed by atoms with E-state index >= 15 is 0 Å². The van der Waals surface area contributed by atoms with Gasteiger partial charge in [0.05, 0.1) is 0 Å². The summed E-state index contributed by atoms with van der Waals surface area (Å²) >= 11 is 0. The molecule has 6 heteroatoms. The van der Waals surface area contributed by atoms with Gasteiger partial charge in [0.15, 0.2) is 11.6 Å². The minimum absolute atomic E-state index is 0.185. The highest BCUT2D eigenvalue weighted by Crippen LogP contribution is 2.25. The molecule has 0 spiro atoms. The number of aryl methyl sites for hydroxylation is 1. The molecule has 1 aliphatic rings. The first kappa shape index (κ1) is 18.9. The maximum absolute atomic E-state index is 12.2. The van der Waals surface area contributed by atoms with Gasteiger partial charge in [-0.1, -0.05) is 30.3 Å². The molecule has 0 unspecified atom stereocenters. The Morgan fingerprint density at radius 3 is 2.24 bits per heavy atom. The Morgan fingerprint density at radius 1 is 0.828 bits per heavy atom. The minimum atomic E-state index is -0.185. The van der Waals surface area contributed by atoms with E-state index in [0.717, 1.165) is 32.0 Å². The summed E-state index contributed by atoms with van der Waals surface area (Å²) in [6.45, 7) is 8.00. The Kier molecular flexibility index (Phi) is 5.42. The molecule has 29 heavy (non-hydrogen) atoms. The number of amides is 1. The SMILES string of the molecule is Cc1cccc(N2CCN(c3ccc(NC(=O)c4ccccc4)nn3)CC2)c1C. The third kappa shape index (κ3) is 4.21. The van der Waals surface area contributed by atoms with Crippen molar-refractivity contribution in [2.45, 2.75) is 13.8 Å². The Morgan fingerprint density at radius 2 is 1.55 bits per heavy atom. The molecule has 0 radical (unpaired) electrons. The second kappa shape index (κ2) is 8.31. The molecule has 1 fully saturated rings. The van der Waals surface area contributed by atoms with E-state index in [4.69, 9.17) is 0 Å². The topological polar surface area (TPSA) is 61.4 Å². The van der Waals surface area contributed by atoms with E-state index in [1.165, 1.54) is 16.8 Å². The number of nitrogens with one attached hydrogen (secondary N) is 1. The molecule has 1 aromatic heterocycles. The fourth-order valence-corrected chi connectivity index (χ4v) is 3.59. The van der Waals surface area contributed by atoms with Gasteiger partial charge in [0.25, 0.3) is 5.91 Å². The summed E-state index contributed by atoms with van der Waals surface area (Å²) in [4.78, 5) is 16.9. The van der Waals surface area contributed by atoms with E-state index in [2.05, 4.69) is 57.4 Å². The molecule has 0 aliphatic carbocycles. The van der Waals surface area contributed by atoms with E-state index in [0.29, 0.717) is 11.4 Å². The van der Waals surface area contributed by atoms with E-state index in [1.807, 2.05) is 24.3 Å². The van der Waals surface area contributed by atoms with Gasteiger partial charge in [-0.25, -0.2) is 0 Å². The summed E-state index contributed by atoms with van der Waals surface area (Å²) in [6, 6.07) is 19.3. The van der Waals surface area contributed by atoms with Crippen LogP contribution in [-0.4, -0.2) is 42.3 Å². The van der Waals surface area contributed by atoms with Crippen molar-refractivity contribution in [1.82, 2.24) is 10.2 Å². The summed E-state index contributed by atoms with van der Waals surface area (Å²) in [5.41, 5.74) is 4.58. The molecule has 1 saturated heterocycles. The average molecular weight is 387 g/mol. The van der Waals surface area contributed by atoms with E-state index in [9.17, 15) is 4.79 Å². The lowest BCUT2D eigenvalue weighted by atomic mass is 10.1. The first-order valence-electron chi connectivity index (χ1n) is 9.88. The van der Waals surface area contributed by atoms with Crippen molar-refractivity contribution >= 4 is 23.2 Å². The molecule has 1 amide bonds. The number of anilines is 3. The van der Waals surface area contributed by atoms with Crippen molar-refractivity contribution in [3.05, 3.63) is 77.4 Å². The van der Waals surface area contributed by atoms with Gasteiger partial charge in [0.1, 0.15) is 0 Å². The van der Waals surface area contributed by atoms with E-state index in [-0.39, 0.29) is 5.91 Å². The normalized spacial score (nSPS) is 14.0. The van der Waals surface area contributed by atoms with Gasteiger partial charge in [-0.3, -0.25) is 4.79 Å². The minimum Gasteiger partial charge on any atom is -0.368 e. The lowest BCUT2D eigenvalue weighted by molar-refractivity contribution is 0.102.